The minimum absolute atomic E-state index is 0.00882. The van der Waals surface area contributed by atoms with Gasteiger partial charge in [-0.15, -0.1) is 0 Å². The van der Waals surface area contributed by atoms with Crippen molar-refractivity contribution in [2.24, 2.45) is 10.9 Å². The highest BCUT2D eigenvalue weighted by Gasteiger charge is 2.28. The quantitative estimate of drug-likeness (QED) is 0.296. The number of carbonyl (C=O) groups excluding carboxylic acids is 1. The molecule has 0 unspecified atom stereocenters. The van der Waals surface area contributed by atoms with Gasteiger partial charge in [0.25, 0.3) is 0 Å². The van der Waals surface area contributed by atoms with Crippen LogP contribution in [0.15, 0.2) is 4.99 Å². The summed E-state index contributed by atoms with van der Waals surface area (Å²) in [6.45, 7) is 13.4. The molecule has 0 aromatic heterocycles. The molecule has 0 aromatic rings. The molecule has 0 radical (unpaired) electrons. The largest absolute Gasteiger partial charge is 0.378 e. The van der Waals surface area contributed by atoms with Crippen LogP contribution in [-0.2, 0) is 19.6 Å². The van der Waals surface area contributed by atoms with E-state index in [1.807, 2.05) is 34.6 Å². The zero-order valence-electron chi connectivity index (χ0n) is 17.9. The summed E-state index contributed by atoms with van der Waals surface area (Å²) >= 11 is 0. The summed E-state index contributed by atoms with van der Waals surface area (Å²) in [5, 5.41) is 6.08. The summed E-state index contributed by atoms with van der Waals surface area (Å²) in [7, 11) is -3.31. The van der Waals surface area contributed by atoms with E-state index in [9.17, 15) is 13.2 Å². The van der Waals surface area contributed by atoms with Crippen LogP contribution in [0.2, 0.25) is 0 Å². The molecule has 10 heteroatoms. The third kappa shape index (κ3) is 8.74. The van der Waals surface area contributed by atoms with Crippen molar-refractivity contribution >= 4 is 21.9 Å². The third-order valence-corrected chi connectivity index (χ3v) is 6.09. The van der Waals surface area contributed by atoms with Gasteiger partial charge in [0.05, 0.1) is 25.0 Å². The summed E-state index contributed by atoms with van der Waals surface area (Å²) < 4.78 is 31.8. The molecule has 0 saturated carbocycles. The number of aliphatic imine (C=N–C) groups is 1. The maximum atomic E-state index is 12.4. The van der Waals surface area contributed by atoms with Gasteiger partial charge in [-0.05, 0) is 20.8 Å². The zero-order chi connectivity index (χ0) is 21.2. The second kappa shape index (κ2) is 12.2. The molecule has 2 N–H and O–H groups in total. The predicted octanol–water partition coefficient (Wildman–Crippen LogP) is 0.0965. The van der Waals surface area contributed by atoms with Gasteiger partial charge in [0.2, 0.25) is 15.9 Å². The van der Waals surface area contributed by atoms with Crippen LogP contribution in [0.25, 0.3) is 0 Å². The Labute approximate surface area is 169 Å². The van der Waals surface area contributed by atoms with E-state index >= 15 is 0 Å². The number of carbonyl (C=O) groups is 1. The summed E-state index contributed by atoms with van der Waals surface area (Å²) in [5.74, 6) is 0.731. The molecule has 1 aliphatic rings. The number of nitrogens with zero attached hydrogens (tertiary/aromatic N) is 3. The minimum atomic E-state index is -3.31. The average molecular weight is 420 g/mol. The lowest BCUT2D eigenvalue weighted by Gasteiger charge is -2.36. The van der Waals surface area contributed by atoms with Crippen molar-refractivity contribution in [2.75, 3.05) is 58.2 Å². The Morgan fingerprint density at radius 3 is 2.29 bits per heavy atom. The molecule has 0 spiro atoms. The number of hydrogen-bond donors (Lipinski definition) is 2. The van der Waals surface area contributed by atoms with Gasteiger partial charge in [-0.2, -0.15) is 4.31 Å². The lowest BCUT2D eigenvalue weighted by molar-refractivity contribution is -0.123. The van der Waals surface area contributed by atoms with Gasteiger partial charge in [0.1, 0.15) is 0 Å². The topological polar surface area (TPSA) is 103 Å². The monoisotopic (exact) mass is 419 g/mol. The molecular weight excluding hydrogens is 382 g/mol. The van der Waals surface area contributed by atoms with Gasteiger partial charge in [-0.1, -0.05) is 13.8 Å². The first kappa shape index (κ1) is 24.6. The molecule has 0 aromatic carbocycles. The number of sulfonamides is 1. The van der Waals surface area contributed by atoms with Crippen molar-refractivity contribution in [3.8, 4) is 0 Å². The molecular formula is C18H37N5O4S. The van der Waals surface area contributed by atoms with Crippen molar-refractivity contribution in [3.63, 3.8) is 0 Å². The Hall–Kier alpha value is -1.39. The van der Waals surface area contributed by atoms with E-state index in [1.165, 1.54) is 4.31 Å². The van der Waals surface area contributed by atoms with Crippen LogP contribution in [0.1, 0.15) is 34.6 Å². The van der Waals surface area contributed by atoms with E-state index in [2.05, 4.69) is 20.5 Å². The second-order valence-corrected chi connectivity index (χ2v) is 9.39. The van der Waals surface area contributed by atoms with Crippen LogP contribution in [0.3, 0.4) is 0 Å². The first-order chi connectivity index (χ1) is 13.2. The number of amides is 1. The van der Waals surface area contributed by atoms with Crippen molar-refractivity contribution < 1.29 is 17.9 Å². The molecule has 1 aliphatic heterocycles. The Bertz CT molecular complexity index is 599. The van der Waals surface area contributed by atoms with Gasteiger partial charge >= 0.3 is 0 Å². The summed E-state index contributed by atoms with van der Waals surface area (Å²) in [5.41, 5.74) is 0. The lowest BCUT2D eigenvalue weighted by atomic mass is 10.2. The molecule has 1 fully saturated rings. The molecule has 164 valence electrons. The van der Waals surface area contributed by atoms with E-state index in [1.54, 1.807) is 0 Å². The van der Waals surface area contributed by atoms with Gasteiger partial charge in [0, 0.05) is 45.2 Å². The van der Waals surface area contributed by atoms with Crippen LogP contribution in [0.5, 0.6) is 0 Å². The van der Waals surface area contributed by atoms with Crippen LogP contribution in [0.4, 0.5) is 0 Å². The fourth-order valence-electron chi connectivity index (χ4n) is 2.67. The molecule has 1 amide bonds. The zero-order valence-corrected chi connectivity index (χ0v) is 18.7. The van der Waals surface area contributed by atoms with Gasteiger partial charge in [0.15, 0.2) is 5.96 Å². The average Bonchev–Trinajstić information content (AvgIpc) is 2.63. The predicted molar refractivity (Wildman–Crippen MR) is 112 cm³/mol. The van der Waals surface area contributed by atoms with Crippen molar-refractivity contribution in [3.05, 3.63) is 0 Å². The highest BCUT2D eigenvalue weighted by atomic mass is 32.2. The fourth-order valence-corrected chi connectivity index (χ4v) is 3.95. The van der Waals surface area contributed by atoms with Crippen molar-refractivity contribution in [1.29, 1.82) is 0 Å². The Morgan fingerprint density at radius 2 is 1.75 bits per heavy atom. The molecule has 1 rings (SSSR count). The van der Waals surface area contributed by atoms with Crippen LogP contribution >= 0.6 is 0 Å². The fraction of sp³-hybridized carbons (Fsp3) is 0.889. The van der Waals surface area contributed by atoms with E-state index in [-0.39, 0.29) is 30.3 Å². The molecule has 1 saturated heterocycles. The van der Waals surface area contributed by atoms with Crippen LogP contribution in [-0.4, -0.2) is 93.8 Å². The molecule has 9 nitrogen and oxygen atoms in total. The SMILES string of the molecule is CCNC(=NCCNC(=O)C(C)C)N1CCN(S(=O)(=O)CCOC(C)C)CC1. The van der Waals surface area contributed by atoms with Crippen molar-refractivity contribution in [2.45, 2.75) is 40.7 Å². The van der Waals surface area contributed by atoms with Crippen LogP contribution < -0.4 is 10.6 Å². The number of ether oxygens (including phenoxy) is 1. The smallest absolute Gasteiger partial charge is 0.222 e. The van der Waals surface area contributed by atoms with Crippen molar-refractivity contribution in [1.82, 2.24) is 19.8 Å². The molecule has 0 bridgehead atoms. The van der Waals surface area contributed by atoms with Crippen LogP contribution in [0, 0.1) is 5.92 Å². The maximum Gasteiger partial charge on any atom is 0.222 e. The number of piperazine rings is 1. The van der Waals surface area contributed by atoms with Gasteiger partial charge in [-0.25, -0.2) is 8.42 Å². The molecule has 0 atom stereocenters. The number of nitrogens with one attached hydrogen (secondary N) is 2. The normalized spacial score (nSPS) is 16.7. The Morgan fingerprint density at radius 1 is 1.11 bits per heavy atom. The standard InChI is InChI=1S/C18H37N5O4S/c1-6-19-18(21-8-7-20-17(24)15(2)3)22-9-11-23(12-10-22)28(25,26)14-13-27-16(4)5/h15-16H,6-14H2,1-5H3,(H,19,21)(H,20,24). The number of rotatable bonds is 10. The highest BCUT2D eigenvalue weighted by molar-refractivity contribution is 7.89. The third-order valence-electron chi connectivity index (χ3n) is 4.26. The lowest BCUT2D eigenvalue weighted by Crippen LogP contribution is -2.54. The number of hydrogen-bond acceptors (Lipinski definition) is 5. The first-order valence-electron chi connectivity index (χ1n) is 10.1. The minimum Gasteiger partial charge on any atom is -0.378 e. The highest BCUT2D eigenvalue weighted by Crippen LogP contribution is 2.09. The number of guanidine groups is 1. The van der Waals surface area contributed by atoms with E-state index < -0.39 is 10.0 Å². The maximum absolute atomic E-state index is 12.4. The Kier molecular flexibility index (Phi) is 10.8. The van der Waals surface area contributed by atoms with E-state index in [4.69, 9.17) is 4.74 Å². The van der Waals surface area contributed by atoms with E-state index in [0.29, 0.717) is 39.3 Å². The first-order valence-corrected chi connectivity index (χ1v) is 11.7. The summed E-state index contributed by atoms with van der Waals surface area (Å²) in [4.78, 5) is 18.2. The van der Waals surface area contributed by atoms with Gasteiger partial charge in [-0.3, -0.25) is 9.79 Å². The molecule has 28 heavy (non-hydrogen) atoms. The molecule has 1 heterocycles. The summed E-state index contributed by atoms with van der Waals surface area (Å²) in [6, 6.07) is 0. The van der Waals surface area contributed by atoms with Gasteiger partial charge < -0.3 is 20.3 Å². The Balaban J connectivity index is 2.52. The second-order valence-electron chi connectivity index (χ2n) is 7.30. The molecule has 0 aliphatic carbocycles. The van der Waals surface area contributed by atoms with E-state index in [0.717, 1.165) is 12.5 Å². The summed E-state index contributed by atoms with van der Waals surface area (Å²) in [6.07, 6.45) is 0.0243.